The van der Waals surface area contributed by atoms with Crippen molar-refractivity contribution in [1.29, 1.82) is 0 Å². The van der Waals surface area contributed by atoms with E-state index in [4.69, 9.17) is 9.47 Å². The maximum Gasteiger partial charge on any atom is 0.138 e. The molecule has 22 heavy (non-hydrogen) atoms. The average molecular weight is 300 g/mol. The molecule has 2 atom stereocenters. The van der Waals surface area contributed by atoms with Crippen LogP contribution in [0.15, 0.2) is 37.1 Å². The van der Waals surface area contributed by atoms with Gasteiger partial charge in [0.05, 0.1) is 24.7 Å². The predicted octanol–water partition coefficient (Wildman–Crippen LogP) is 1.62. The molecule has 6 nitrogen and oxygen atoms in total. The van der Waals surface area contributed by atoms with Gasteiger partial charge in [0.15, 0.2) is 0 Å². The number of hydrogen-bond acceptors (Lipinski definition) is 5. The number of hydrogen-bond donors (Lipinski definition) is 1. The number of nitrogens with one attached hydrogen (secondary N) is 1. The lowest BCUT2D eigenvalue weighted by Gasteiger charge is -2.23. The number of pyridine rings is 1. The van der Waals surface area contributed by atoms with Gasteiger partial charge in [-0.15, -0.1) is 0 Å². The Labute approximate surface area is 129 Å². The lowest BCUT2D eigenvalue weighted by atomic mass is 9.98. The van der Waals surface area contributed by atoms with E-state index in [-0.39, 0.29) is 11.7 Å². The number of rotatable bonds is 4. The summed E-state index contributed by atoms with van der Waals surface area (Å²) in [6, 6.07) is 3.83. The van der Waals surface area contributed by atoms with Crippen molar-refractivity contribution in [3.05, 3.63) is 42.7 Å². The van der Waals surface area contributed by atoms with Crippen molar-refractivity contribution in [2.45, 2.75) is 31.1 Å². The van der Waals surface area contributed by atoms with Crippen molar-refractivity contribution < 1.29 is 9.47 Å². The standard InChI is InChI=1S/C16H20N4O2/c1-2-14(8-17-4-1)22-15-6-16(21-10-15)3-5-20(11-16)9-13-7-18-12-19-13/h1-2,4,7-8,12,15H,3,5-6,9-11H2,(H,18,19)/t15-,16-/m0/s1. The van der Waals surface area contributed by atoms with E-state index in [0.717, 1.165) is 43.9 Å². The zero-order valence-electron chi connectivity index (χ0n) is 12.4. The predicted molar refractivity (Wildman–Crippen MR) is 80.4 cm³/mol. The molecule has 1 spiro atoms. The second-order valence-electron chi connectivity index (χ2n) is 6.16. The summed E-state index contributed by atoms with van der Waals surface area (Å²) in [4.78, 5) is 13.7. The number of nitrogens with zero attached hydrogens (tertiary/aromatic N) is 3. The fourth-order valence-electron chi connectivity index (χ4n) is 3.45. The molecule has 1 N–H and O–H groups in total. The van der Waals surface area contributed by atoms with Crippen LogP contribution in [0.4, 0.5) is 0 Å². The van der Waals surface area contributed by atoms with Crippen molar-refractivity contribution in [3.8, 4) is 5.75 Å². The van der Waals surface area contributed by atoms with Crippen molar-refractivity contribution in [1.82, 2.24) is 19.9 Å². The molecule has 6 heteroatoms. The quantitative estimate of drug-likeness (QED) is 0.929. The molecule has 2 aromatic heterocycles. The number of likely N-dealkylation sites (tertiary alicyclic amines) is 1. The second kappa shape index (κ2) is 5.70. The summed E-state index contributed by atoms with van der Waals surface area (Å²) in [5.41, 5.74) is 1.10. The van der Waals surface area contributed by atoms with E-state index in [0.29, 0.717) is 6.61 Å². The molecule has 4 rings (SSSR count). The molecule has 2 aliphatic heterocycles. The van der Waals surface area contributed by atoms with Gasteiger partial charge in [0.1, 0.15) is 11.9 Å². The van der Waals surface area contributed by atoms with E-state index in [9.17, 15) is 0 Å². The summed E-state index contributed by atoms with van der Waals surface area (Å²) in [6.07, 6.45) is 9.25. The SMILES string of the molecule is c1cncc(O[C@@H]2CO[C@@]3(CCN(Cc4cnc[nH]4)C3)C2)c1. The molecule has 116 valence electrons. The summed E-state index contributed by atoms with van der Waals surface area (Å²) in [5.74, 6) is 0.820. The molecule has 0 unspecified atom stereocenters. The number of aromatic nitrogens is 3. The van der Waals surface area contributed by atoms with E-state index in [1.807, 2.05) is 18.3 Å². The first-order chi connectivity index (χ1) is 10.8. The summed E-state index contributed by atoms with van der Waals surface area (Å²) >= 11 is 0. The molecular formula is C16H20N4O2. The Morgan fingerprint density at radius 3 is 3.23 bits per heavy atom. The van der Waals surface area contributed by atoms with Crippen LogP contribution in [0.1, 0.15) is 18.5 Å². The highest BCUT2D eigenvalue weighted by molar-refractivity contribution is 5.16. The molecule has 4 heterocycles. The molecule has 0 aromatic carbocycles. The van der Waals surface area contributed by atoms with Crippen molar-refractivity contribution in [3.63, 3.8) is 0 Å². The fraction of sp³-hybridized carbons (Fsp3) is 0.500. The van der Waals surface area contributed by atoms with Gasteiger partial charge in [-0.05, 0) is 18.6 Å². The Morgan fingerprint density at radius 1 is 1.41 bits per heavy atom. The lowest BCUT2D eigenvalue weighted by Crippen LogP contribution is -2.33. The van der Waals surface area contributed by atoms with Crippen LogP contribution in [0.3, 0.4) is 0 Å². The first-order valence-electron chi connectivity index (χ1n) is 7.72. The van der Waals surface area contributed by atoms with Crippen molar-refractivity contribution in [2.75, 3.05) is 19.7 Å². The normalized spacial score (nSPS) is 28.5. The number of H-pyrrole nitrogens is 1. The van der Waals surface area contributed by atoms with Crippen LogP contribution >= 0.6 is 0 Å². The van der Waals surface area contributed by atoms with Crippen molar-refractivity contribution in [2.24, 2.45) is 0 Å². The first kappa shape index (κ1) is 13.7. The molecule has 2 saturated heterocycles. The van der Waals surface area contributed by atoms with Crippen LogP contribution in [0.25, 0.3) is 0 Å². The first-order valence-corrected chi connectivity index (χ1v) is 7.72. The minimum atomic E-state index is -0.0487. The Balaban J connectivity index is 1.34. The molecule has 0 radical (unpaired) electrons. The summed E-state index contributed by atoms with van der Waals surface area (Å²) in [5, 5.41) is 0. The summed E-state index contributed by atoms with van der Waals surface area (Å²) in [7, 11) is 0. The van der Waals surface area contributed by atoms with E-state index in [1.54, 1.807) is 18.7 Å². The average Bonchev–Trinajstić information content (AvgIpc) is 3.25. The van der Waals surface area contributed by atoms with E-state index in [2.05, 4.69) is 19.9 Å². The number of imidazole rings is 1. The van der Waals surface area contributed by atoms with Gasteiger partial charge in [0, 0.05) is 44.1 Å². The molecule has 0 aliphatic carbocycles. The molecule has 2 fully saturated rings. The van der Waals surface area contributed by atoms with Crippen LogP contribution < -0.4 is 4.74 Å². The minimum absolute atomic E-state index is 0.0487. The molecule has 2 aliphatic rings. The van der Waals surface area contributed by atoms with Gasteiger partial charge in [-0.3, -0.25) is 9.88 Å². The second-order valence-corrected chi connectivity index (χ2v) is 6.16. The van der Waals surface area contributed by atoms with E-state index in [1.165, 1.54) is 0 Å². The summed E-state index contributed by atoms with van der Waals surface area (Å²) < 4.78 is 12.1. The van der Waals surface area contributed by atoms with Gasteiger partial charge in [0.2, 0.25) is 0 Å². The van der Waals surface area contributed by atoms with Crippen molar-refractivity contribution >= 4 is 0 Å². The number of aromatic amines is 1. The minimum Gasteiger partial charge on any atom is -0.486 e. The Kier molecular flexibility index (Phi) is 3.56. The molecular weight excluding hydrogens is 280 g/mol. The smallest absolute Gasteiger partial charge is 0.138 e. The Morgan fingerprint density at radius 2 is 2.41 bits per heavy atom. The Bertz CT molecular complexity index is 604. The highest BCUT2D eigenvalue weighted by atomic mass is 16.6. The zero-order valence-corrected chi connectivity index (χ0v) is 12.4. The lowest BCUT2D eigenvalue weighted by molar-refractivity contribution is 0.00927. The zero-order chi connectivity index (χ0) is 14.8. The Hall–Kier alpha value is -1.92. The van der Waals surface area contributed by atoms with Crippen LogP contribution in [-0.4, -0.2) is 51.3 Å². The molecule has 0 bridgehead atoms. The van der Waals surface area contributed by atoms with Gasteiger partial charge >= 0.3 is 0 Å². The largest absolute Gasteiger partial charge is 0.486 e. The van der Waals surface area contributed by atoms with Gasteiger partial charge in [-0.1, -0.05) is 0 Å². The monoisotopic (exact) mass is 300 g/mol. The molecule has 0 amide bonds. The van der Waals surface area contributed by atoms with Gasteiger partial charge in [-0.2, -0.15) is 0 Å². The third kappa shape index (κ3) is 2.84. The topological polar surface area (TPSA) is 63.3 Å². The van der Waals surface area contributed by atoms with Gasteiger partial charge < -0.3 is 14.5 Å². The third-order valence-corrected chi connectivity index (χ3v) is 4.46. The van der Waals surface area contributed by atoms with Gasteiger partial charge in [-0.25, -0.2) is 4.98 Å². The summed E-state index contributed by atoms with van der Waals surface area (Å²) in [6.45, 7) is 3.57. The van der Waals surface area contributed by atoms with E-state index >= 15 is 0 Å². The highest BCUT2D eigenvalue weighted by Gasteiger charge is 2.46. The fourth-order valence-corrected chi connectivity index (χ4v) is 3.45. The van der Waals surface area contributed by atoms with Crippen LogP contribution in [0, 0.1) is 0 Å². The van der Waals surface area contributed by atoms with Crippen LogP contribution in [-0.2, 0) is 11.3 Å². The van der Waals surface area contributed by atoms with Crippen LogP contribution in [0.5, 0.6) is 5.75 Å². The number of ether oxygens (including phenoxy) is 2. The van der Waals surface area contributed by atoms with Crippen LogP contribution in [0.2, 0.25) is 0 Å². The maximum atomic E-state index is 6.12. The highest BCUT2D eigenvalue weighted by Crippen LogP contribution is 2.36. The third-order valence-electron chi connectivity index (χ3n) is 4.46. The maximum absolute atomic E-state index is 6.12. The molecule has 0 saturated carbocycles. The molecule has 2 aromatic rings. The van der Waals surface area contributed by atoms with Gasteiger partial charge in [0.25, 0.3) is 0 Å². The van der Waals surface area contributed by atoms with E-state index < -0.39 is 0 Å².